The molecule has 6 rings (SSSR count). The standard InChI is InChI=1S/C24H28N2S.C11H10/c1-18-19(2)25-23-9-5-4-8-22(23)24(18)20-10-12-21(13-11-20)27-17-16-26-14-6-3-7-15-26;1-9-6-7-10-4-2-3-5-11(10)8-9/h4-5,8-13,25H,2-3,6-7,14-17H2,1H3;2-8H,1H3. The Balaban J connectivity index is 0.000000222. The zero-order chi connectivity index (χ0) is 26.3. The molecule has 2 heterocycles. The largest absolute Gasteiger partial charge is 0.355 e. The summed E-state index contributed by atoms with van der Waals surface area (Å²) in [5, 5.41) is 6.06. The van der Waals surface area contributed by atoms with Gasteiger partial charge in [0.05, 0.1) is 0 Å². The van der Waals surface area contributed by atoms with Gasteiger partial charge >= 0.3 is 0 Å². The maximum atomic E-state index is 4.19. The summed E-state index contributed by atoms with van der Waals surface area (Å²) in [7, 11) is 0. The molecule has 4 aromatic rings. The molecule has 1 N–H and O–H groups in total. The lowest BCUT2D eigenvalue weighted by Gasteiger charge is -2.26. The zero-order valence-electron chi connectivity index (χ0n) is 22.7. The molecule has 0 amide bonds. The molecule has 0 atom stereocenters. The molecule has 4 aromatic carbocycles. The van der Waals surface area contributed by atoms with Crippen molar-refractivity contribution in [1.29, 1.82) is 0 Å². The van der Waals surface area contributed by atoms with E-state index in [1.165, 1.54) is 88.2 Å². The highest BCUT2D eigenvalue weighted by Crippen LogP contribution is 2.39. The third-order valence-electron chi connectivity index (χ3n) is 7.48. The molecule has 1 saturated heterocycles. The molecule has 2 aliphatic rings. The van der Waals surface area contributed by atoms with Crippen LogP contribution >= 0.6 is 11.8 Å². The average Bonchev–Trinajstić information content (AvgIpc) is 2.95. The van der Waals surface area contributed by atoms with E-state index >= 15 is 0 Å². The van der Waals surface area contributed by atoms with Crippen LogP contribution < -0.4 is 5.32 Å². The smallest absolute Gasteiger partial charge is 0.0464 e. The lowest BCUT2D eigenvalue weighted by Crippen LogP contribution is -2.31. The van der Waals surface area contributed by atoms with Crippen LogP contribution in [0.2, 0.25) is 0 Å². The molecule has 38 heavy (non-hydrogen) atoms. The first kappa shape index (κ1) is 26.3. The van der Waals surface area contributed by atoms with Gasteiger partial charge in [-0.05, 0) is 85.5 Å². The zero-order valence-corrected chi connectivity index (χ0v) is 23.5. The fourth-order valence-electron chi connectivity index (χ4n) is 5.29. The van der Waals surface area contributed by atoms with Crippen LogP contribution in [0.4, 0.5) is 5.69 Å². The van der Waals surface area contributed by atoms with Crippen molar-refractivity contribution in [2.75, 3.05) is 30.7 Å². The fraction of sp³-hybridized carbons (Fsp3) is 0.257. The Morgan fingerprint density at radius 2 is 1.50 bits per heavy atom. The average molecular weight is 519 g/mol. The Kier molecular flexibility index (Phi) is 8.68. The van der Waals surface area contributed by atoms with Crippen molar-refractivity contribution in [2.24, 2.45) is 0 Å². The minimum absolute atomic E-state index is 0.990. The minimum Gasteiger partial charge on any atom is -0.355 e. The van der Waals surface area contributed by atoms with E-state index in [9.17, 15) is 0 Å². The molecular weight excluding hydrogens is 480 g/mol. The number of piperidine rings is 1. The summed E-state index contributed by atoms with van der Waals surface area (Å²) in [6.07, 6.45) is 4.15. The highest BCUT2D eigenvalue weighted by Gasteiger charge is 2.19. The number of allylic oxidation sites excluding steroid dienone is 1. The van der Waals surface area contributed by atoms with Gasteiger partial charge in [0.2, 0.25) is 0 Å². The van der Waals surface area contributed by atoms with Crippen LogP contribution in [-0.2, 0) is 0 Å². The van der Waals surface area contributed by atoms with Gasteiger partial charge in [0.25, 0.3) is 0 Å². The van der Waals surface area contributed by atoms with Crippen molar-refractivity contribution in [3.63, 3.8) is 0 Å². The van der Waals surface area contributed by atoms with Crippen LogP contribution in [0, 0.1) is 6.92 Å². The quantitative estimate of drug-likeness (QED) is 0.265. The Labute approximate surface area is 232 Å². The first-order chi connectivity index (χ1) is 18.6. The minimum atomic E-state index is 0.990. The summed E-state index contributed by atoms with van der Waals surface area (Å²) < 4.78 is 0. The number of benzene rings is 4. The Hall–Kier alpha value is -3.27. The van der Waals surface area contributed by atoms with Crippen molar-refractivity contribution in [2.45, 2.75) is 38.0 Å². The van der Waals surface area contributed by atoms with Gasteiger partial charge < -0.3 is 10.2 Å². The molecule has 0 bridgehead atoms. The molecule has 2 aliphatic heterocycles. The first-order valence-electron chi connectivity index (χ1n) is 13.8. The summed E-state index contributed by atoms with van der Waals surface area (Å²) in [6.45, 7) is 12.2. The molecule has 3 heteroatoms. The molecule has 0 saturated carbocycles. The van der Waals surface area contributed by atoms with Gasteiger partial charge in [0.1, 0.15) is 0 Å². The fourth-order valence-corrected chi connectivity index (χ4v) is 6.21. The highest BCUT2D eigenvalue weighted by atomic mass is 32.2. The van der Waals surface area contributed by atoms with Crippen LogP contribution in [0.25, 0.3) is 16.3 Å². The number of fused-ring (bicyclic) bond motifs is 2. The second kappa shape index (κ2) is 12.5. The summed E-state index contributed by atoms with van der Waals surface area (Å²) in [4.78, 5) is 3.96. The molecule has 2 nitrogen and oxygen atoms in total. The van der Waals surface area contributed by atoms with Gasteiger partial charge in [0, 0.05) is 34.1 Å². The second-order valence-corrected chi connectivity index (χ2v) is 11.4. The number of nitrogens with zero attached hydrogens (tertiary/aromatic N) is 1. The number of rotatable bonds is 5. The topological polar surface area (TPSA) is 15.3 Å². The van der Waals surface area contributed by atoms with E-state index in [0.29, 0.717) is 0 Å². The van der Waals surface area contributed by atoms with E-state index < -0.39 is 0 Å². The Bertz CT molecular complexity index is 1430. The summed E-state index contributed by atoms with van der Waals surface area (Å²) >= 11 is 1.97. The number of thioether (sulfide) groups is 1. The molecule has 1 fully saturated rings. The number of hydrogen-bond acceptors (Lipinski definition) is 3. The van der Waals surface area contributed by atoms with Gasteiger partial charge in [0.15, 0.2) is 0 Å². The number of aryl methyl sites for hydroxylation is 1. The Morgan fingerprint density at radius 3 is 2.29 bits per heavy atom. The van der Waals surface area contributed by atoms with Crippen molar-refractivity contribution in [3.05, 3.63) is 126 Å². The van der Waals surface area contributed by atoms with Crippen LogP contribution in [0.1, 0.15) is 42.9 Å². The van der Waals surface area contributed by atoms with Crippen molar-refractivity contribution in [3.8, 4) is 0 Å². The van der Waals surface area contributed by atoms with E-state index in [-0.39, 0.29) is 0 Å². The molecule has 0 unspecified atom stereocenters. The normalized spacial score (nSPS) is 15.5. The second-order valence-electron chi connectivity index (χ2n) is 10.3. The number of para-hydroxylation sites is 1. The van der Waals surface area contributed by atoms with Crippen molar-refractivity contribution < 1.29 is 0 Å². The number of hydrogen-bond donors (Lipinski definition) is 1. The van der Waals surface area contributed by atoms with Crippen molar-refractivity contribution in [1.82, 2.24) is 4.90 Å². The number of anilines is 1. The van der Waals surface area contributed by atoms with Crippen LogP contribution in [0.3, 0.4) is 0 Å². The monoisotopic (exact) mass is 518 g/mol. The van der Waals surface area contributed by atoms with Gasteiger partial charge in [-0.1, -0.05) is 91.4 Å². The number of nitrogens with one attached hydrogen (secondary N) is 1. The van der Waals surface area contributed by atoms with E-state index in [0.717, 1.165) is 11.4 Å². The van der Waals surface area contributed by atoms with Gasteiger partial charge in [-0.3, -0.25) is 0 Å². The molecule has 0 aromatic heterocycles. The van der Waals surface area contributed by atoms with Crippen LogP contribution in [0.15, 0.2) is 114 Å². The summed E-state index contributed by atoms with van der Waals surface area (Å²) in [5.74, 6) is 1.17. The summed E-state index contributed by atoms with van der Waals surface area (Å²) in [5.41, 5.74) is 8.49. The van der Waals surface area contributed by atoms with E-state index in [1.54, 1.807) is 0 Å². The van der Waals surface area contributed by atoms with Crippen molar-refractivity contribution >= 4 is 33.8 Å². The molecule has 0 spiro atoms. The predicted octanol–water partition coefficient (Wildman–Crippen LogP) is 9.17. The lowest BCUT2D eigenvalue weighted by atomic mass is 9.89. The van der Waals surface area contributed by atoms with Gasteiger partial charge in [-0.2, -0.15) is 0 Å². The first-order valence-corrected chi connectivity index (χ1v) is 14.7. The maximum absolute atomic E-state index is 4.19. The van der Waals surface area contributed by atoms with E-state index in [4.69, 9.17) is 0 Å². The molecule has 0 aliphatic carbocycles. The molecule has 194 valence electrons. The van der Waals surface area contributed by atoms with Crippen LogP contribution in [0.5, 0.6) is 0 Å². The van der Waals surface area contributed by atoms with Gasteiger partial charge in [-0.15, -0.1) is 11.8 Å². The molecule has 0 radical (unpaired) electrons. The van der Waals surface area contributed by atoms with Crippen LogP contribution in [-0.4, -0.2) is 30.3 Å². The highest BCUT2D eigenvalue weighted by molar-refractivity contribution is 7.99. The van der Waals surface area contributed by atoms with E-state index in [1.807, 2.05) is 11.8 Å². The van der Waals surface area contributed by atoms with E-state index in [2.05, 4.69) is 122 Å². The SMILES string of the molecule is C=C1Nc2ccccc2C(c2ccc(SCCN3CCCCC3)cc2)=C1C.Cc1ccc2ccccc2c1. The van der Waals surface area contributed by atoms with Gasteiger partial charge in [-0.25, -0.2) is 0 Å². The maximum Gasteiger partial charge on any atom is 0.0464 e. The molecular formula is C35H38N2S. The third-order valence-corrected chi connectivity index (χ3v) is 8.47. The lowest BCUT2D eigenvalue weighted by molar-refractivity contribution is 0.242. The predicted molar refractivity (Wildman–Crippen MR) is 167 cm³/mol. The Morgan fingerprint density at radius 1 is 0.789 bits per heavy atom. The number of likely N-dealkylation sites (tertiary alicyclic amines) is 1. The third kappa shape index (κ3) is 6.40. The summed E-state index contributed by atoms with van der Waals surface area (Å²) in [6, 6.07) is 32.5.